The molecule has 21 heavy (non-hydrogen) atoms. The fraction of sp³-hybridized carbons (Fsp3) is 0.143. The van der Waals surface area contributed by atoms with Crippen molar-refractivity contribution in [3.8, 4) is 11.1 Å². The predicted octanol–water partition coefficient (Wildman–Crippen LogP) is 5.53. The SMILES string of the molecule is Fc1cc(-c2cccc(C(F)(F)F)c2)ccc1C(F)(F)F. The van der Waals surface area contributed by atoms with Gasteiger partial charge in [-0.25, -0.2) is 4.39 Å². The Labute approximate surface area is 114 Å². The van der Waals surface area contributed by atoms with Gasteiger partial charge in [-0.05, 0) is 35.4 Å². The van der Waals surface area contributed by atoms with Crippen molar-refractivity contribution in [2.45, 2.75) is 12.4 Å². The molecular formula is C14H7F7. The summed E-state index contributed by atoms with van der Waals surface area (Å²) in [6.45, 7) is 0. The van der Waals surface area contributed by atoms with Crippen LogP contribution in [-0.2, 0) is 12.4 Å². The molecule has 0 aromatic heterocycles. The van der Waals surface area contributed by atoms with E-state index in [2.05, 4.69) is 0 Å². The lowest BCUT2D eigenvalue weighted by Gasteiger charge is -2.11. The monoisotopic (exact) mass is 308 g/mol. The van der Waals surface area contributed by atoms with E-state index in [9.17, 15) is 30.7 Å². The smallest absolute Gasteiger partial charge is 0.206 e. The molecule has 0 amide bonds. The molecule has 0 aliphatic carbocycles. The molecule has 0 aliphatic rings. The van der Waals surface area contributed by atoms with Gasteiger partial charge in [0.05, 0.1) is 11.1 Å². The first-order chi connectivity index (χ1) is 9.59. The van der Waals surface area contributed by atoms with Crippen LogP contribution in [-0.4, -0.2) is 0 Å². The van der Waals surface area contributed by atoms with Gasteiger partial charge in [0.15, 0.2) is 0 Å². The van der Waals surface area contributed by atoms with Crippen LogP contribution < -0.4 is 0 Å². The van der Waals surface area contributed by atoms with Crippen molar-refractivity contribution in [3.05, 3.63) is 59.4 Å². The molecule has 0 radical (unpaired) electrons. The van der Waals surface area contributed by atoms with E-state index in [1.165, 1.54) is 6.07 Å². The molecule has 0 bridgehead atoms. The van der Waals surface area contributed by atoms with Crippen LogP contribution in [0.4, 0.5) is 30.7 Å². The van der Waals surface area contributed by atoms with E-state index in [1.54, 1.807) is 0 Å². The summed E-state index contributed by atoms with van der Waals surface area (Å²) < 4.78 is 88.3. The third-order valence-electron chi connectivity index (χ3n) is 2.80. The quantitative estimate of drug-likeness (QED) is 0.608. The predicted molar refractivity (Wildman–Crippen MR) is 61.8 cm³/mol. The summed E-state index contributed by atoms with van der Waals surface area (Å²) in [6.07, 6.45) is -9.43. The molecule has 0 atom stereocenters. The highest BCUT2D eigenvalue weighted by Gasteiger charge is 2.34. The first kappa shape index (κ1) is 15.3. The van der Waals surface area contributed by atoms with E-state index < -0.39 is 29.3 Å². The maximum atomic E-state index is 13.4. The molecule has 0 saturated heterocycles. The van der Waals surface area contributed by atoms with Crippen molar-refractivity contribution in [2.75, 3.05) is 0 Å². The summed E-state index contributed by atoms with van der Waals surface area (Å²) in [7, 11) is 0. The fourth-order valence-corrected chi connectivity index (χ4v) is 1.80. The first-order valence-corrected chi connectivity index (χ1v) is 5.63. The van der Waals surface area contributed by atoms with Crippen molar-refractivity contribution in [2.24, 2.45) is 0 Å². The lowest BCUT2D eigenvalue weighted by molar-refractivity contribution is -0.140. The number of halogens is 7. The zero-order valence-corrected chi connectivity index (χ0v) is 10.2. The zero-order valence-electron chi connectivity index (χ0n) is 10.2. The highest BCUT2D eigenvalue weighted by molar-refractivity contribution is 5.65. The van der Waals surface area contributed by atoms with E-state index in [4.69, 9.17) is 0 Å². The van der Waals surface area contributed by atoms with Gasteiger partial charge in [0, 0.05) is 0 Å². The van der Waals surface area contributed by atoms with Crippen molar-refractivity contribution in [3.63, 3.8) is 0 Å². The highest BCUT2D eigenvalue weighted by Crippen LogP contribution is 2.35. The van der Waals surface area contributed by atoms with Gasteiger partial charge < -0.3 is 0 Å². The molecule has 0 N–H and O–H groups in total. The topological polar surface area (TPSA) is 0 Å². The Balaban J connectivity index is 2.47. The van der Waals surface area contributed by atoms with Crippen molar-refractivity contribution >= 4 is 0 Å². The van der Waals surface area contributed by atoms with E-state index >= 15 is 0 Å². The van der Waals surface area contributed by atoms with Gasteiger partial charge in [-0.3, -0.25) is 0 Å². The lowest BCUT2D eigenvalue weighted by atomic mass is 10.0. The average Bonchev–Trinajstić information content (AvgIpc) is 2.36. The third kappa shape index (κ3) is 3.34. The van der Waals surface area contributed by atoms with Gasteiger partial charge >= 0.3 is 12.4 Å². The number of hydrogen-bond donors (Lipinski definition) is 0. The minimum Gasteiger partial charge on any atom is -0.206 e. The minimum atomic E-state index is -4.85. The Morgan fingerprint density at radius 1 is 0.667 bits per heavy atom. The molecule has 2 rings (SSSR count). The van der Waals surface area contributed by atoms with Crippen LogP contribution in [0.2, 0.25) is 0 Å². The summed E-state index contributed by atoms with van der Waals surface area (Å²) in [4.78, 5) is 0. The third-order valence-corrected chi connectivity index (χ3v) is 2.80. The molecule has 0 aliphatic heterocycles. The summed E-state index contributed by atoms with van der Waals surface area (Å²) in [5.41, 5.74) is -2.50. The molecule has 7 heteroatoms. The minimum absolute atomic E-state index is 0.0163. The van der Waals surface area contributed by atoms with Gasteiger partial charge in [0.1, 0.15) is 5.82 Å². The highest BCUT2D eigenvalue weighted by atomic mass is 19.4. The zero-order chi connectivity index (χ0) is 15.8. The van der Waals surface area contributed by atoms with E-state index in [1.807, 2.05) is 0 Å². The molecule has 2 aromatic rings. The van der Waals surface area contributed by atoms with Crippen LogP contribution >= 0.6 is 0 Å². The second-order valence-electron chi connectivity index (χ2n) is 4.27. The molecule has 0 fully saturated rings. The Morgan fingerprint density at radius 2 is 1.29 bits per heavy atom. The molecule has 0 nitrogen and oxygen atoms in total. The Kier molecular flexibility index (Phi) is 3.69. The second kappa shape index (κ2) is 5.05. The molecule has 2 aromatic carbocycles. The summed E-state index contributed by atoms with van der Waals surface area (Å²) >= 11 is 0. The number of rotatable bonds is 1. The van der Waals surface area contributed by atoms with Crippen LogP contribution in [0.1, 0.15) is 11.1 Å². The average molecular weight is 308 g/mol. The van der Waals surface area contributed by atoms with Crippen LogP contribution in [0, 0.1) is 5.82 Å². The van der Waals surface area contributed by atoms with Crippen LogP contribution in [0.25, 0.3) is 11.1 Å². The first-order valence-electron chi connectivity index (χ1n) is 5.63. The number of hydrogen-bond acceptors (Lipinski definition) is 0. The van der Waals surface area contributed by atoms with Crippen LogP contribution in [0.5, 0.6) is 0 Å². The lowest BCUT2D eigenvalue weighted by Crippen LogP contribution is -2.08. The molecule has 112 valence electrons. The Hall–Kier alpha value is -2.05. The van der Waals surface area contributed by atoms with Crippen molar-refractivity contribution in [1.82, 2.24) is 0 Å². The Bertz CT molecular complexity index is 653. The van der Waals surface area contributed by atoms with Crippen LogP contribution in [0.15, 0.2) is 42.5 Å². The number of alkyl halides is 6. The van der Waals surface area contributed by atoms with E-state index in [0.717, 1.165) is 24.3 Å². The van der Waals surface area contributed by atoms with E-state index in [0.29, 0.717) is 12.1 Å². The Morgan fingerprint density at radius 3 is 1.81 bits per heavy atom. The van der Waals surface area contributed by atoms with Crippen molar-refractivity contribution < 1.29 is 30.7 Å². The largest absolute Gasteiger partial charge is 0.419 e. The maximum Gasteiger partial charge on any atom is 0.419 e. The molecule has 0 saturated carbocycles. The summed E-state index contributed by atoms with van der Waals surface area (Å²) in [5.74, 6) is -1.53. The maximum absolute atomic E-state index is 13.4. The van der Waals surface area contributed by atoms with Gasteiger partial charge in [0.2, 0.25) is 0 Å². The normalized spacial score (nSPS) is 12.5. The standard InChI is InChI=1S/C14H7F7/c15-12-7-9(4-5-11(12)14(19,20)21)8-2-1-3-10(6-8)13(16,17)18/h1-7H. The van der Waals surface area contributed by atoms with Crippen molar-refractivity contribution in [1.29, 1.82) is 0 Å². The second-order valence-corrected chi connectivity index (χ2v) is 4.27. The van der Waals surface area contributed by atoms with E-state index in [-0.39, 0.29) is 11.1 Å². The molecule has 0 heterocycles. The summed E-state index contributed by atoms with van der Waals surface area (Å²) in [6, 6.07) is 5.95. The van der Waals surface area contributed by atoms with Gasteiger partial charge in [-0.2, -0.15) is 26.3 Å². The van der Waals surface area contributed by atoms with Crippen LogP contribution in [0.3, 0.4) is 0 Å². The molecule has 0 unspecified atom stereocenters. The summed E-state index contributed by atoms with van der Waals surface area (Å²) in [5, 5.41) is 0. The molecule has 0 spiro atoms. The fourth-order valence-electron chi connectivity index (χ4n) is 1.80. The van der Waals surface area contributed by atoms with Gasteiger partial charge in [-0.15, -0.1) is 0 Å². The molecular weight excluding hydrogens is 301 g/mol. The van der Waals surface area contributed by atoms with Gasteiger partial charge in [-0.1, -0.05) is 18.2 Å². The van der Waals surface area contributed by atoms with Gasteiger partial charge in [0.25, 0.3) is 0 Å². The number of benzene rings is 2.